The van der Waals surface area contributed by atoms with E-state index in [1.807, 2.05) is 6.92 Å². The number of hydrogen-bond acceptors (Lipinski definition) is 2. The number of carbonyl (C=O) groups excluding carboxylic acids is 1. The summed E-state index contributed by atoms with van der Waals surface area (Å²) in [5.74, 6) is -0.392. The van der Waals surface area contributed by atoms with Crippen LogP contribution < -0.4 is 10.6 Å². The minimum Gasteiger partial charge on any atom is -0.325 e. The van der Waals surface area contributed by atoms with Gasteiger partial charge in [0.2, 0.25) is 5.91 Å². The van der Waals surface area contributed by atoms with Crippen LogP contribution in [0.4, 0.5) is 18.9 Å². The quantitative estimate of drug-likeness (QED) is 0.787. The van der Waals surface area contributed by atoms with Crippen molar-refractivity contribution < 1.29 is 18.0 Å². The van der Waals surface area contributed by atoms with E-state index in [9.17, 15) is 18.0 Å². The predicted molar refractivity (Wildman–Crippen MR) is 72.9 cm³/mol. The average molecular weight is 309 g/mol. The fourth-order valence-corrected chi connectivity index (χ4v) is 1.75. The molecule has 0 bridgehead atoms. The number of carbonyl (C=O) groups is 1. The maximum atomic E-state index is 12.6. The highest BCUT2D eigenvalue weighted by molar-refractivity contribution is 6.31. The SMILES string of the molecule is CCCCNCC(=O)Nc1ccc(Cl)c(C(F)(F)F)c1. The largest absolute Gasteiger partial charge is 0.417 e. The van der Waals surface area contributed by atoms with Crippen LogP contribution in [-0.4, -0.2) is 19.0 Å². The molecule has 1 aromatic rings. The molecule has 0 unspecified atom stereocenters. The van der Waals surface area contributed by atoms with Crippen molar-refractivity contribution in [2.75, 3.05) is 18.4 Å². The van der Waals surface area contributed by atoms with E-state index >= 15 is 0 Å². The van der Waals surface area contributed by atoms with Gasteiger partial charge in [0.25, 0.3) is 0 Å². The van der Waals surface area contributed by atoms with Gasteiger partial charge in [0.05, 0.1) is 17.1 Å². The van der Waals surface area contributed by atoms with E-state index in [0.717, 1.165) is 25.0 Å². The lowest BCUT2D eigenvalue weighted by molar-refractivity contribution is -0.137. The smallest absolute Gasteiger partial charge is 0.325 e. The molecule has 0 atom stereocenters. The van der Waals surface area contributed by atoms with Crippen molar-refractivity contribution in [3.63, 3.8) is 0 Å². The zero-order chi connectivity index (χ0) is 15.2. The Kier molecular flexibility index (Phi) is 6.29. The van der Waals surface area contributed by atoms with Crippen LogP contribution in [0.1, 0.15) is 25.3 Å². The molecule has 0 aliphatic rings. The summed E-state index contributed by atoms with van der Waals surface area (Å²) in [6.07, 6.45) is -2.61. The van der Waals surface area contributed by atoms with Gasteiger partial charge in [-0.25, -0.2) is 0 Å². The minimum atomic E-state index is -4.54. The van der Waals surface area contributed by atoms with E-state index in [1.165, 1.54) is 6.07 Å². The lowest BCUT2D eigenvalue weighted by atomic mass is 10.2. The topological polar surface area (TPSA) is 41.1 Å². The van der Waals surface area contributed by atoms with Gasteiger partial charge in [0.15, 0.2) is 0 Å². The first-order chi connectivity index (χ1) is 9.34. The van der Waals surface area contributed by atoms with Crippen molar-refractivity contribution in [2.24, 2.45) is 0 Å². The lowest BCUT2D eigenvalue weighted by Gasteiger charge is -2.12. The summed E-state index contributed by atoms with van der Waals surface area (Å²) >= 11 is 5.49. The molecule has 112 valence electrons. The Morgan fingerprint density at radius 2 is 2.05 bits per heavy atom. The highest BCUT2D eigenvalue weighted by Gasteiger charge is 2.33. The van der Waals surface area contributed by atoms with E-state index in [-0.39, 0.29) is 12.2 Å². The fourth-order valence-electron chi connectivity index (χ4n) is 1.53. The monoisotopic (exact) mass is 308 g/mol. The highest BCUT2D eigenvalue weighted by atomic mass is 35.5. The Morgan fingerprint density at radius 3 is 2.65 bits per heavy atom. The van der Waals surface area contributed by atoms with E-state index < -0.39 is 22.7 Å². The van der Waals surface area contributed by atoms with Crippen molar-refractivity contribution in [3.8, 4) is 0 Å². The molecule has 0 saturated heterocycles. The summed E-state index contributed by atoms with van der Waals surface area (Å²) in [5.41, 5.74) is -0.889. The number of benzene rings is 1. The Bertz CT molecular complexity index is 463. The van der Waals surface area contributed by atoms with Gasteiger partial charge in [0.1, 0.15) is 0 Å². The van der Waals surface area contributed by atoms with E-state index in [2.05, 4.69) is 10.6 Å². The van der Waals surface area contributed by atoms with Gasteiger partial charge in [-0.1, -0.05) is 24.9 Å². The third kappa shape index (κ3) is 5.38. The molecule has 0 aromatic heterocycles. The average Bonchev–Trinajstić information content (AvgIpc) is 2.36. The lowest BCUT2D eigenvalue weighted by Crippen LogP contribution is -2.28. The molecule has 0 aliphatic carbocycles. The zero-order valence-corrected chi connectivity index (χ0v) is 11.7. The predicted octanol–water partition coefficient (Wildman–Crippen LogP) is 3.69. The van der Waals surface area contributed by atoms with Crippen molar-refractivity contribution in [2.45, 2.75) is 25.9 Å². The van der Waals surface area contributed by atoms with E-state index in [4.69, 9.17) is 11.6 Å². The number of anilines is 1. The Labute approximate surface area is 120 Å². The number of halogens is 4. The van der Waals surface area contributed by atoms with Gasteiger partial charge < -0.3 is 10.6 Å². The summed E-state index contributed by atoms with van der Waals surface area (Å²) in [7, 11) is 0. The van der Waals surface area contributed by atoms with Crippen LogP contribution in [0.25, 0.3) is 0 Å². The molecule has 2 N–H and O–H groups in total. The molecule has 0 aliphatic heterocycles. The van der Waals surface area contributed by atoms with Gasteiger partial charge in [0, 0.05) is 5.69 Å². The van der Waals surface area contributed by atoms with Gasteiger partial charge in [-0.2, -0.15) is 13.2 Å². The summed E-state index contributed by atoms with van der Waals surface area (Å²) in [6.45, 7) is 2.77. The first-order valence-electron chi connectivity index (χ1n) is 6.22. The highest BCUT2D eigenvalue weighted by Crippen LogP contribution is 2.36. The third-order valence-corrected chi connectivity index (χ3v) is 2.88. The Hall–Kier alpha value is -1.27. The molecule has 1 rings (SSSR count). The Morgan fingerprint density at radius 1 is 1.35 bits per heavy atom. The van der Waals surface area contributed by atoms with Crippen molar-refractivity contribution >= 4 is 23.2 Å². The molecule has 20 heavy (non-hydrogen) atoms. The van der Waals surface area contributed by atoms with Crippen LogP contribution in [0.5, 0.6) is 0 Å². The molecular weight excluding hydrogens is 293 g/mol. The number of nitrogens with one attached hydrogen (secondary N) is 2. The van der Waals surface area contributed by atoms with Crippen LogP contribution in [0.2, 0.25) is 5.02 Å². The molecule has 1 aromatic carbocycles. The summed E-state index contributed by atoms with van der Waals surface area (Å²) < 4.78 is 37.9. The number of alkyl halides is 3. The van der Waals surface area contributed by atoms with Gasteiger partial charge in [-0.05, 0) is 31.2 Å². The van der Waals surface area contributed by atoms with Crippen LogP contribution in [0, 0.1) is 0 Å². The molecule has 7 heteroatoms. The van der Waals surface area contributed by atoms with Crippen molar-refractivity contribution in [3.05, 3.63) is 28.8 Å². The number of amides is 1. The standard InChI is InChI=1S/C13H16ClF3N2O/c1-2-3-6-18-8-12(20)19-9-4-5-11(14)10(7-9)13(15,16)17/h4-5,7,18H,2-3,6,8H2,1H3,(H,19,20). The molecule has 0 spiro atoms. The Balaban J connectivity index is 2.62. The summed E-state index contributed by atoms with van der Waals surface area (Å²) in [5, 5.41) is 4.91. The third-order valence-electron chi connectivity index (χ3n) is 2.55. The number of unbranched alkanes of at least 4 members (excludes halogenated alkanes) is 1. The first kappa shape index (κ1) is 16.8. The van der Waals surface area contributed by atoms with Crippen molar-refractivity contribution in [1.82, 2.24) is 5.32 Å². The van der Waals surface area contributed by atoms with Gasteiger partial charge >= 0.3 is 6.18 Å². The normalized spacial score (nSPS) is 11.4. The number of rotatable bonds is 6. The van der Waals surface area contributed by atoms with E-state index in [0.29, 0.717) is 6.54 Å². The number of hydrogen-bond donors (Lipinski definition) is 2. The molecule has 0 saturated carbocycles. The molecule has 1 amide bonds. The van der Waals surface area contributed by atoms with Crippen LogP contribution >= 0.6 is 11.6 Å². The second-order valence-electron chi connectivity index (χ2n) is 4.27. The minimum absolute atomic E-state index is 0.0595. The maximum absolute atomic E-state index is 12.6. The molecular formula is C13H16ClF3N2O. The van der Waals surface area contributed by atoms with Crippen LogP contribution in [0.15, 0.2) is 18.2 Å². The molecule has 0 radical (unpaired) electrons. The second-order valence-corrected chi connectivity index (χ2v) is 4.68. The van der Waals surface area contributed by atoms with Crippen molar-refractivity contribution in [1.29, 1.82) is 0 Å². The second kappa shape index (κ2) is 7.50. The molecule has 3 nitrogen and oxygen atoms in total. The molecule has 0 heterocycles. The summed E-state index contributed by atoms with van der Waals surface area (Å²) in [6, 6.07) is 3.28. The molecule has 0 fully saturated rings. The van der Waals surface area contributed by atoms with Crippen LogP contribution in [-0.2, 0) is 11.0 Å². The maximum Gasteiger partial charge on any atom is 0.417 e. The zero-order valence-electron chi connectivity index (χ0n) is 11.0. The van der Waals surface area contributed by atoms with Gasteiger partial charge in [-0.15, -0.1) is 0 Å². The van der Waals surface area contributed by atoms with Crippen LogP contribution in [0.3, 0.4) is 0 Å². The van der Waals surface area contributed by atoms with E-state index in [1.54, 1.807) is 0 Å². The summed E-state index contributed by atoms with van der Waals surface area (Å²) in [4.78, 5) is 11.5. The first-order valence-corrected chi connectivity index (χ1v) is 6.59. The van der Waals surface area contributed by atoms with Gasteiger partial charge in [-0.3, -0.25) is 4.79 Å². The fraction of sp³-hybridized carbons (Fsp3) is 0.462.